The molecule has 0 saturated carbocycles. The number of hydrogen-bond acceptors (Lipinski definition) is 5. The fourth-order valence-corrected chi connectivity index (χ4v) is 2.13. The first-order chi connectivity index (χ1) is 12.1. The standard InChI is InChI=1S/C18H22N4O3/c19-17(20)13-4-6-14(7-5-13)24-10-2-1-3-11-25-15-8-9-22-16(12-15)18(21)23/h4-9,12H,1-3,10-11H2,(H3,19,20)(H2,21,23). The fraction of sp³-hybridized carbons (Fsp3) is 0.278. The van der Waals surface area contributed by atoms with E-state index in [1.165, 1.54) is 12.3 Å². The zero-order chi connectivity index (χ0) is 18.1. The third-order valence-electron chi connectivity index (χ3n) is 3.48. The average molecular weight is 342 g/mol. The lowest BCUT2D eigenvalue weighted by Gasteiger charge is -2.08. The van der Waals surface area contributed by atoms with Gasteiger partial charge in [-0.2, -0.15) is 0 Å². The highest BCUT2D eigenvalue weighted by Crippen LogP contribution is 2.13. The zero-order valence-electron chi connectivity index (χ0n) is 13.9. The largest absolute Gasteiger partial charge is 0.494 e. The molecule has 7 nitrogen and oxygen atoms in total. The lowest BCUT2D eigenvalue weighted by molar-refractivity contribution is 0.0995. The highest BCUT2D eigenvalue weighted by atomic mass is 16.5. The van der Waals surface area contributed by atoms with Crippen LogP contribution >= 0.6 is 0 Å². The third kappa shape index (κ3) is 6.14. The van der Waals surface area contributed by atoms with E-state index in [9.17, 15) is 4.79 Å². The second-order valence-electron chi connectivity index (χ2n) is 5.44. The number of carbonyl (C=O) groups is 1. The molecule has 7 heteroatoms. The molecule has 5 N–H and O–H groups in total. The number of pyridine rings is 1. The van der Waals surface area contributed by atoms with Crippen molar-refractivity contribution in [3.63, 3.8) is 0 Å². The number of aromatic nitrogens is 1. The summed E-state index contributed by atoms with van der Waals surface area (Å²) in [6.45, 7) is 1.16. The molecule has 1 amide bonds. The van der Waals surface area contributed by atoms with E-state index in [4.69, 9.17) is 26.4 Å². The van der Waals surface area contributed by atoms with Crippen molar-refractivity contribution in [2.24, 2.45) is 11.5 Å². The predicted molar refractivity (Wildman–Crippen MR) is 95.1 cm³/mol. The summed E-state index contributed by atoms with van der Waals surface area (Å²) in [4.78, 5) is 14.9. The highest BCUT2D eigenvalue weighted by molar-refractivity contribution is 5.95. The lowest BCUT2D eigenvalue weighted by Crippen LogP contribution is -2.13. The first-order valence-electron chi connectivity index (χ1n) is 8.02. The van der Waals surface area contributed by atoms with Gasteiger partial charge in [-0.1, -0.05) is 0 Å². The number of amidine groups is 1. The molecule has 0 aliphatic carbocycles. The van der Waals surface area contributed by atoms with Gasteiger partial charge < -0.3 is 20.9 Å². The summed E-state index contributed by atoms with van der Waals surface area (Å²) in [5, 5.41) is 7.33. The number of nitrogens with two attached hydrogens (primary N) is 2. The minimum absolute atomic E-state index is 0.0451. The molecule has 0 atom stereocenters. The number of primary amides is 1. The van der Waals surface area contributed by atoms with Crippen molar-refractivity contribution in [1.82, 2.24) is 4.98 Å². The molecule has 25 heavy (non-hydrogen) atoms. The third-order valence-corrected chi connectivity index (χ3v) is 3.48. The monoisotopic (exact) mass is 342 g/mol. The number of amides is 1. The second kappa shape index (κ2) is 9.27. The number of nitrogens with one attached hydrogen (secondary N) is 1. The maximum Gasteiger partial charge on any atom is 0.267 e. The van der Waals surface area contributed by atoms with Crippen LogP contribution in [0.25, 0.3) is 0 Å². The molecule has 0 bridgehead atoms. The number of unbranched alkanes of at least 4 members (excludes halogenated alkanes) is 2. The van der Waals surface area contributed by atoms with Gasteiger partial charge in [0.15, 0.2) is 0 Å². The van der Waals surface area contributed by atoms with Crippen LogP contribution in [0.3, 0.4) is 0 Å². The summed E-state index contributed by atoms with van der Waals surface area (Å²) >= 11 is 0. The molecule has 2 rings (SSSR count). The number of ether oxygens (including phenoxy) is 2. The van der Waals surface area contributed by atoms with Crippen LogP contribution in [0, 0.1) is 5.41 Å². The van der Waals surface area contributed by atoms with Gasteiger partial charge in [-0.3, -0.25) is 15.2 Å². The Morgan fingerprint density at radius 3 is 2.20 bits per heavy atom. The molecule has 132 valence electrons. The SMILES string of the molecule is N=C(N)c1ccc(OCCCCCOc2ccnc(C(N)=O)c2)cc1. The maximum absolute atomic E-state index is 11.0. The highest BCUT2D eigenvalue weighted by Gasteiger charge is 2.03. The Hall–Kier alpha value is -3.09. The Kier molecular flexibility index (Phi) is 6.76. The van der Waals surface area contributed by atoms with E-state index in [-0.39, 0.29) is 11.5 Å². The van der Waals surface area contributed by atoms with Crippen LogP contribution in [-0.2, 0) is 0 Å². The number of hydrogen-bond donors (Lipinski definition) is 3. The smallest absolute Gasteiger partial charge is 0.267 e. The van der Waals surface area contributed by atoms with Gasteiger partial charge in [0.25, 0.3) is 5.91 Å². The van der Waals surface area contributed by atoms with Gasteiger partial charge in [-0.15, -0.1) is 0 Å². The van der Waals surface area contributed by atoms with E-state index in [2.05, 4.69) is 4.98 Å². The van der Waals surface area contributed by atoms with Crippen LogP contribution < -0.4 is 20.9 Å². The zero-order valence-corrected chi connectivity index (χ0v) is 13.9. The van der Waals surface area contributed by atoms with Crippen molar-refractivity contribution in [2.75, 3.05) is 13.2 Å². The summed E-state index contributed by atoms with van der Waals surface area (Å²) in [7, 11) is 0. The molecule has 2 aromatic rings. The van der Waals surface area contributed by atoms with Crippen LogP contribution in [0.2, 0.25) is 0 Å². The number of benzene rings is 1. The summed E-state index contributed by atoms with van der Waals surface area (Å²) in [5.41, 5.74) is 11.5. The summed E-state index contributed by atoms with van der Waals surface area (Å²) in [6.07, 6.45) is 4.24. The fourth-order valence-electron chi connectivity index (χ4n) is 2.13. The summed E-state index contributed by atoms with van der Waals surface area (Å²) in [5.74, 6) is 0.824. The molecular weight excluding hydrogens is 320 g/mol. The number of nitrogen functional groups attached to an aromatic ring is 1. The van der Waals surface area contributed by atoms with Crippen molar-refractivity contribution in [3.8, 4) is 11.5 Å². The molecule has 0 aliphatic heterocycles. The van der Waals surface area contributed by atoms with Crippen molar-refractivity contribution in [2.45, 2.75) is 19.3 Å². The molecule has 0 spiro atoms. The van der Waals surface area contributed by atoms with Crippen LogP contribution in [0.4, 0.5) is 0 Å². The van der Waals surface area contributed by atoms with E-state index in [0.29, 0.717) is 24.5 Å². The molecule has 1 heterocycles. The quantitative estimate of drug-likeness (QED) is 0.346. The maximum atomic E-state index is 11.0. The van der Waals surface area contributed by atoms with Crippen LogP contribution in [0.1, 0.15) is 35.3 Å². The Labute approximate surface area is 146 Å². The molecule has 0 unspecified atom stereocenters. The Balaban J connectivity index is 1.60. The first kappa shape index (κ1) is 18.3. The first-order valence-corrected chi connectivity index (χ1v) is 8.02. The molecule has 0 aliphatic rings. The summed E-state index contributed by atoms with van der Waals surface area (Å²) < 4.78 is 11.2. The minimum Gasteiger partial charge on any atom is -0.494 e. The van der Waals surface area contributed by atoms with Gasteiger partial charge >= 0.3 is 0 Å². The average Bonchev–Trinajstić information content (AvgIpc) is 2.61. The summed E-state index contributed by atoms with van der Waals surface area (Å²) in [6, 6.07) is 10.4. The van der Waals surface area contributed by atoms with E-state index < -0.39 is 5.91 Å². The normalized spacial score (nSPS) is 10.2. The molecule has 0 saturated heterocycles. The molecule has 1 aromatic carbocycles. The lowest BCUT2D eigenvalue weighted by atomic mass is 10.2. The Morgan fingerprint density at radius 1 is 0.960 bits per heavy atom. The van der Waals surface area contributed by atoms with Gasteiger partial charge in [0.05, 0.1) is 13.2 Å². The predicted octanol–water partition coefficient (Wildman–Crippen LogP) is 2.09. The number of nitrogens with zero attached hydrogens (tertiary/aromatic N) is 1. The van der Waals surface area contributed by atoms with Gasteiger partial charge in [0.2, 0.25) is 0 Å². The van der Waals surface area contributed by atoms with E-state index in [1.54, 1.807) is 30.3 Å². The van der Waals surface area contributed by atoms with E-state index in [0.717, 1.165) is 25.0 Å². The molecule has 1 aromatic heterocycles. The van der Waals surface area contributed by atoms with Crippen molar-refractivity contribution in [3.05, 3.63) is 53.9 Å². The minimum atomic E-state index is -0.570. The van der Waals surface area contributed by atoms with Crippen molar-refractivity contribution >= 4 is 11.7 Å². The van der Waals surface area contributed by atoms with Crippen LogP contribution in [0.15, 0.2) is 42.6 Å². The molecule has 0 fully saturated rings. The van der Waals surface area contributed by atoms with Gasteiger partial charge in [0, 0.05) is 17.8 Å². The topological polar surface area (TPSA) is 124 Å². The van der Waals surface area contributed by atoms with Gasteiger partial charge in [-0.25, -0.2) is 0 Å². The second-order valence-corrected chi connectivity index (χ2v) is 5.44. The number of carbonyl (C=O) groups excluding carboxylic acids is 1. The van der Waals surface area contributed by atoms with Gasteiger partial charge in [-0.05, 0) is 49.6 Å². The molecule has 0 radical (unpaired) electrons. The molecular formula is C18H22N4O3. The van der Waals surface area contributed by atoms with Crippen molar-refractivity contribution in [1.29, 1.82) is 5.41 Å². The Morgan fingerprint density at radius 2 is 1.60 bits per heavy atom. The van der Waals surface area contributed by atoms with Crippen LogP contribution in [-0.4, -0.2) is 29.9 Å². The van der Waals surface area contributed by atoms with Crippen LogP contribution in [0.5, 0.6) is 11.5 Å². The Bertz CT molecular complexity index is 717. The number of rotatable bonds is 10. The van der Waals surface area contributed by atoms with E-state index in [1.807, 2.05) is 0 Å². The van der Waals surface area contributed by atoms with Crippen molar-refractivity contribution < 1.29 is 14.3 Å². The van der Waals surface area contributed by atoms with E-state index >= 15 is 0 Å². The van der Waals surface area contributed by atoms with Gasteiger partial charge in [0.1, 0.15) is 23.0 Å².